The summed E-state index contributed by atoms with van der Waals surface area (Å²) in [5.74, 6) is 0. The van der Waals surface area contributed by atoms with Crippen LogP contribution in [0.5, 0.6) is 0 Å². The lowest BCUT2D eigenvalue weighted by molar-refractivity contribution is -0.137. The molecule has 0 heterocycles. The Morgan fingerprint density at radius 1 is 1.41 bits per heavy atom. The van der Waals surface area contributed by atoms with Crippen molar-refractivity contribution in [2.75, 3.05) is 5.32 Å². The fourth-order valence-corrected chi connectivity index (χ4v) is 1.37. The van der Waals surface area contributed by atoms with Crippen molar-refractivity contribution < 1.29 is 13.2 Å². The van der Waals surface area contributed by atoms with E-state index in [1.54, 1.807) is 13.8 Å². The third kappa shape index (κ3) is 3.38. The van der Waals surface area contributed by atoms with Crippen LogP contribution in [0, 0.1) is 18.3 Å². The Hall–Kier alpha value is -1.70. The smallest absolute Gasteiger partial charge is 0.370 e. The second kappa shape index (κ2) is 5.09. The summed E-state index contributed by atoms with van der Waals surface area (Å²) in [6, 6.07) is 4.99. The molecule has 1 unspecified atom stereocenters. The number of rotatable bonds is 3. The van der Waals surface area contributed by atoms with Gasteiger partial charge in [-0.05, 0) is 31.0 Å². The Balaban J connectivity index is 3.04. The summed E-state index contributed by atoms with van der Waals surface area (Å²) in [5, 5.41) is 11.6. The molecule has 0 radical (unpaired) electrons. The Bertz CT molecular complexity index is 432. The molecule has 0 amide bonds. The molecule has 0 aromatic heterocycles. The van der Waals surface area contributed by atoms with Crippen LogP contribution in [0.2, 0.25) is 0 Å². The van der Waals surface area contributed by atoms with Gasteiger partial charge in [0.2, 0.25) is 0 Å². The van der Waals surface area contributed by atoms with E-state index >= 15 is 0 Å². The Morgan fingerprint density at radius 3 is 2.53 bits per heavy atom. The monoisotopic (exact) mass is 242 g/mol. The molecule has 1 aromatic rings. The minimum atomic E-state index is -4.36. The summed E-state index contributed by atoms with van der Waals surface area (Å²) >= 11 is 0. The lowest BCUT2D eigenvalue weighted by atomic mass is 10.1. The molecular weight excluding hydrogens is 229 g/mol. The van der Waals surface area contributed by atoms with E-state index in [0.29, 0.717) is 17.7 Å². The third-order valence-electron chi connectivity index (χ3n) is 2.46. The zero-order chi connectivity index (χ0) is 13.1. The van der Waals surface area contributed by atoms with Crippen molar-refractivity contribution in [1.82, 2.24) is 0 Å². The molecule has 0 saturated carbocycles. The normalized spacial score (nSPS) is 12.9. The van der Waals surface area contributed by atoms with Gasteiger partial charge >= 0.3 is 6.18 Å². The maximum Gasteiger partial charge on any atom is 0.416 e. The highest BCUT2D eigenvalue weighted by molar-refractivity contribution is 5.54. The van der Waals surface area contributed by atoms with Crippen LogP contribution in [-0.2, 0) is 6.18 Å². The topological polar surface area (TPSA) is 35.8 Å². The minimum absolute atomic E-state index is 0.355. The highest BCUT2D eigenvalue weighted by Gasteiger charge is 2.30. The number of nitrogens with zero attached hydrogens (tertiary/aromatic N) is 1. The largest absolute Gasteiger partial charge is 0.416 e. The van der Waals surface area contributed by atoms with E-state index in [-0.39, 0.29) is 0 Å². The summed E-state index contributed by atoms with van der Waals surface area (Å²) < 4.78 is 37.5. The molecule has 0 aliphatic rings. The van der Waals surface area contributed by atoms with Crippen LogP contribution in [0.25, 0.3) is 0 Å². The minimum Gasteiger partial charge on any atom is -0.370 e. The predicted molar refractivity (Wildman–Crippen MR) is 59.5 cm³/mol. The Morgan fingerprint density at radius 2 is 2.06 bits per heavy atom. The van der Waals surface area contributed by atoms with Gasteiger partial charge in [0, 0.05) is 5.69 Å². The van der Waals surface area contributed by atoms with Gasteiger partial charge in [0.05, 0.1) is 11.6 Å². The summed E-state index contributed by atoms with van der Waals surface area (Å²) in [6.07, 6.45) is -3.83. The van der Waals surface area contributed by atoms with Crippen molar-refractivity contribution in [3.05, 3.63) is 29.3 Å². The molecule has 5 heteroatoms. The number of benzene rings is 1. The van der Waals surface area contributed by atoms with Crippen molar-refractivity contribution in [2.45, 2.75) is 32.5 Å². The summed E-state index contributed by atoms with van der Waals surface area (Å²) in [6.45, 7) is 3.50. The molecule has 1 aromatic carbocycles. The second-order valence-electron chi connectivity index (χ2n) is 3.76. The van der Waals surface area contributed by atoms with E-state index in [1.807, 2.05) is 6.07 Å². The van der Waals surface area contributed by atoms with Crippen molar-refractivity contribution in [2.24, 2.45) is 0 Å². The molecule has 1 rings (SSSR count). The molecule has 0 bridgehead atoms. The average Bonchev–Trinajstić information content (AvgIpc) is 2.26. The van der Waals surface area contributed by atoms with Crippen molar-refractivity contribution in [3.63, 3.8) is 0 Å². The first-order valence-corrected chi connectivity index (χ1v) is 5.22. The van der Waals surface area contributed by atoms with Gasteiger partial charge < -0.3 is 5.32 Å². The second-order valence-corrected chi connectivity index (χ2v) is 3.76. The maximum absolute atomic E-state index is 12.5. The molecule has 0 saturated heterocycles. The zero-order valence-electron chi connectivity index (χ0n) is 9.60. The van der Waals surface area contributed by atoms with Gasteiger partial charge in [0.15, 0.2) is 0 Å². The first kappa shape index (κ1) is 13.4. The summed E-state index contributed by atoms with van der Waals surface area (Å²) in [4.78, 5) is 0. The summed E-state index contributed by atoms with van der Waals surface area (Å²) in [5.41, 5.74) is 0.332. The average molecular weight is 242 g/mol. The molecule has 92 valence electrons. The number of hydrogen-bond donors (Lipinski definition) is 1. The van der Waals surface area contributed by atoms with Crippen molar-refractivity contribution in [1.29, 1.82) is 5.26 Å². The molecule has 1 atom stereocenters. The predicted octanol–water partition coefficient (Wildman–Crippen LogP) is 3.73. The van der Waals surface area contributed by atoms with Gasteiger partial charge in [-0.2, -0.15) is 18.4 Å². The SMILES string of the molecule is CCC(C#N)Nc1cc(C(F)(F)F)ccc1C. The lowest BCUT2D eigenvalue weighted by Gasteiger charge is -2.15. The van der Waals surface area contributed by atoms with Gasteiger partial charge in [0.25, 0.3) is 0 Å². The Kier molecular flexibility index (Phi) is 4.00. The van der Waals surface area contributed by atoms with E-state index in [9.17, 15) is 13.2 Å². The highest BCUT2D eigenvalue weighted by atomic mass is 19.4. The van der Waals surface area contributed by atoms with Crippen molar-refractivity contribution >= 4 is 5.69 Å². The van der Waals surface area contributed by atoms with E-state index in [1.165, 1.54) is 6.07 Å². The van der Waals surface area contributed by atoms with Crippen LogP contribution in [0.15, 0.2) is 18.2 Å². The van der Waals surface area contributed by atoms with Crippen molar-refractivity contribution in [3.8, 4) is 6.07 Å². The van der Waals surface area contributed by atoms with Gasteiger partial charge in [-0.25, -0.2) is 0 Å². The van der Waals surface area contributed by atoms with Crippen LogP contribution in [0.4, 0.5) is 18.9 Å². The molecule has 17 heavy (non-hydrogen) atoms. The van der Waals surface area contributed by atoms with Crippen LogP contribution >= 0.6 is 0 Å². The first-order chi connectivity index (χ1) is 7.88. The van der Waals surface area contributed by atoms with Crippen LogP contribution < -0.4 is 5.32 Å². The molecule has 2 nitrogen and oxygen atoms in total. The van der Waals surface area contributed by atoms with Crippen LogP contribution in [0.3, 0.4) is 0 Å². The molecule has 0 aliphatic heterocycles. The maximum atomic E-state index is 12.5. The number of halogens is 3. The molecule has 0 spiro atoms. The lowest BCUT2D eigenvalue weighted by Crippen LogP contribution is -2.17. The van der Waals surface area contributed by atoms with Crippen LogP contribution in [0.1, 0.15) is 24.5 Å². The van der Waals surface area contributed by atoms with Gasteiger partial charge in [-0.3, -0.25) is 0 Å². The fraction of sp³-hybridized carbons (Fsp3) is 0.417. The van der Waals surface area contributed by atoms with Gasteiger partial charge in [-0.1, -0.05) is 13.0 Å². The highest BCUT2D eigenvalue weighted by Crippen LogP contribution is 2.32. The number of nitriles is 1. The van der Waals surface area contributed by atoms with E-state index in [4.69, 9.17) is 5.26 Å². The molecule has 0 aliphatic carbocycles. The van der Waals surface area contributed by atoms with E-state index < -0.39 is 17.8 Å². The zero-order valence-corrected chi connectivity index (χ0v) is 9.60. The fourth-order valence-electron chi connectivity index (χ4n) is 1.37. The van der Waals surface area contributed by atoms with Crippen LogP contribution in [-0.4, -0.2) is 6.04 Å². The summed E-state index contributed by atoms with van der Waals surface area (Å²) in [7, 11) is 0. The van der Waals surface area contributed by atoms with Gasteiger partial charge in [-0.15, -0.1) is 0 Å². The number of alkyl halides is 3. The van der Waals surface area contributed by atoms with E-state index in [2.05, 4.69) is 5.32 Å². The van der Waals surface area contributed by atoms with E-state index in [0.717, 1.165) is 12.1 Å². The molecule has 0 fully saturated rings. The molecular formula is C12H13F3N2. The quantitative estimate of drug-likeness (QED) is 0.876. The third-order valence-corrected chi connectivity index (χ3v) is 2.46. The number of nitrogens with one attached hydrogen (secondary N) is 1. The number of aryl methyl sites for hydroxylation is 1. The van der Waals surface area contributed by atoms with Gasteiger partial charge in [0.1, 0.15) is 6.04 Å². The first-order valence-electron chi connectivity index (χ1n) is 5.22. The molecule has 1 N–H and O–H groups in total. The number of hydrogen-bond acceptors (Lipinski definition) is 2. The standard InChI is InChI=1S/C12H13F3N2/c1-3-10(7-16)17-11-6-9(12(13,14)15)5-4-8(11)2/h4-6,10,17H,3H2,1-2H3. The number of anilines is 1. The Labute approximate surface area is 98.1 Å².